The average Bonchev–Trinajstić information content (AvgIpc) is 2.84. The highest BCUT2D eigenvalue weighted by Crippen LogP contribution is 2.51. The van der Waals surface area contributed by atoms with Gasteiger partial charge in [-0.15, -0.1) is 0 Å². The third kappa shape index (κ3) is 3.93. The summed E-state index contributed by atoms with van der Waals surface area (Å²) >= 11 is 0. The number of allylic oxidation sites excluding steroid dienone is 2. The van der Waals surface area contributed by atoms with E-state index in [1.807, 2.05) is 0 Å². The monoisotopic (exact) mass is 514 g/mol. The van der Waals surface area contributed by atoms with Crippen LogP contribution >= 0.6 is 0 Å². The molecule has 1 aromatic rings. The van der Waals surface area contributed by atoms with Crippen LogP contribution < -0.4 is 11.1 Å². The van der Waals surface area contributed by atoms with Gasteiger partial charge in [0.25, 0.3) is 5.91 Å². The van der Waals surface area contributed by atoms with Gasteiger partial charge in [0.2, 0.25) is 5.78 Å². The second kappa shape index (κ2) is 9.25. The van der Waals surface area contributed by atoms with E-state index in [-0.39, 0.29) is 48.1 Å². The van der Waals surface area contributed by atoms with Gasteiger partial charge in [0, 0.05) is 35.6 Å². The Kier molecular flexibility index (Phi) is 6.35. The minimum Gasteiger partial charge on any atom is -0.511 e. The van der Waals surface area contributed by atoms with Crippen molar-refractivity contribution < 1.29 is 39.2 Å². The second-order valence-electron chi connectivity index (χ2n) is 10.8. The Morgan fingerprint density at radius 3 is 2.51 bits per heavy atom. The van der Waals surface area contributed by atoms with E-state index >= 15 is 4.39 Å². The molecular weight excluding hydrogens is 483 g/mol. The number of aliphatic hydroxyl groups is 3. The molecule has 0 aromatic heterocycles. The van der Waals surface area contributed by atoms with Crippen molar-refractivity contribution >= 4 is 17.5 Å². The Labute approximate surface area is 212 Å². The minimum absolute atomic E-state index is 0.00486. The second-order valence-corrected chi connectivity index (χ2v) is 10.8. The smallest absolute Gasteiger partial charge is 0.255 e. The number of amides is 1. The lowest BCUT2D eigenvalue weighted by Gasteiger charge is -2.45. The maximum atomic E-state index is 15.2. The number of nitrogens with two attached hydrogens (primary N) is 1. The SMILES string of the molecule is NC(=O)C1=C(O)C[C@@H]2CC3Cc4c(F)cc(CNCC5CCCCC5)c(O)c4C(=O)C3=C(O)[C@]2(O)C1=O. The van der Waals surface area contributed by atoms with E-state index in [4.69, 9.17) is 5.73 Å². The molecule has 7 N–H and O–H groups in total. The van der Waals surface area contributed by atoms with Gasteiger partial charge in [0.1, 0.15) is 28.7 Å². The molecular formula is C27H31FN2O7. The molecule has 5 rings (SSSR count). The zero-order valence-electron chi connectivity index (χ0n) is 20.3. The first kappa shape index (κ1) is 25.4. The fourth-order valence-corrected chi connectivity index (χ4v) is 6.63. The number of ketones is 2. The van der Waals surface area contributed by atoms with E-state index < -0.39 is 63.6 Å². The summed E-state index contributed by atoms with van der Waals surface area (Å²) in [7, 11) is 0. The van der Waals surface area contributed by atoms with Gasteiger partial charge in [-0.3, -0.25) is 14.4 Å². The number of Topliss-reactive ketones (excluding diaryl/α,β-unsaturated/α-hetero) is 2. The molecule has 0 bridgehead atoms. The van der Waals surface area contributed by atoms with Crippen LogP contribution in [0, 0.1) is 23.6 Å². The normalized spacial score (nSPS) is 28.2. The molecule has 0 spiro atoms. The van der Waals surface area contributed by atoms with Crippen LogP contribution in [0.4, 0.5) is 4.39 Å². The molecule has 9 nitrogen and oxygen atoms in total. The Morgan fingerprint density at radius 1 is 1.14 bits per heavy atom. The molecule has 3 atom stereocenters. The minimum atomic E-state index is -2.64. The predicted octanol–water partition coefficient (Wildman–Crippen LogP) is 2.39. The number of aliphatic hydroxyl groups excluding tert-OH is 2. The van der Waals surface area contributed by atoms with Gasteiger partial charge in [-0.2, -0.15) is 0 Å². The van der Waals surface area contributed by atoms with E-state index in [1.165, 1.54) is 25.3 Å². The van der Waals surface area contributed by atoms with E-state index in [0.717, 1.165) is 12.8 Å². The van der Waals surface area contributed by atoms with Crippen molar-refractivity contribution in [2.75, 3.05) is 6.54 Å². The van der Waals surface area contributed by atoms with Gasteiger partial charge in [0.15, 0.2) is 11.4 Å². The van der Waals surface area contributed by atoms with Crippen LogP contribution in [-0.2, 0) is 22.6 Å². The third-order valence-corrected chi connectivity index (χ3v) is 8.56. The summed E-state index contributed by atoms with van der Waals surface area (Å²) in [6.07, 6.45) is 5.38. The summed E-state index contributed by atoms with van der Waals surface area (Å²) in [6.45, 7) is 0.851. The maximum absolute atomic E-state index is 15.2. The summed E-state index contributed by atoms with van der Waals surface area (Å²) in [6, 6.07) is 1.21. The predicted molar refractivity (Wildman–Crippen MR) is 129 cm³/mol. The number of halogens is 1. The molecule has 0 radical (unpaired) electrons. The van der Waals surface area contributed by atoms with Crippen LogP contribution in [0.2, 0.25) is 0 Å². The first-order valence-electron chi connectivity index (χ1n) is 12.8. The van der Waals surface area contributed by atoms with E-state index in [0.29, 0.717) is 12.5 Å². The molecule has 4 aliphatic carbocycles. The van der Waals surface area contributed by atoms with Gasteiger partial charge in [-0.25, -0.2) is 4.39 Å². The van der Waals surface area contributed by atoms with Crippen molar-refractivity contribution in [1.29, 1.82) is 0 Å². The molecule has 1 aromatic carbocycles. The zero-order valence-corrected chi connectivity index (χ0v) is 20.3. The molecule has 4 aliphatic rings. The number of benzene rings is 1. The molecule has 10 heteroatoms. The largest absolute Gasteiger partial charge is 0.511 e. The first-order valence-corrected chi connectivity index (χ1v) is 12.8. The number of hydrogen-bond acceptors (Lipinski definition) is 8. The van der Waals surface area contributed by atoms with E-state index in [9.17, 15) is 34.8 Å². The maximum Gasteiger partial charge on any atom is 0.255 e. The van der Waals surface area contributed by atoms with Gasteiger partial charge >= 0.3 is 0 Å². The summed E-state index contributed by atoms with van der Waals surface area (Å²) in [5, 5.41) is 46.8. The molecule has 1 fully saturated rings. The Morgan fingerprint density at radius 2 is 1.84 bits per heavy atom. The first-order chi connectivity index (χ1) is 17.6. The van der Waals surface area contributed by atoms with E-state index in [1.54, 1.807) is 0 Å². The average molecular weight is 515 g/mol. The molecule has 1 unspecified atom stereocenters. The molecule has 198 valence electrons. The lowest BCUT2D eigenvalue weighted by atomic mass is 9.60. The van der Waals surface area contributed by atoms with Crippen LogP contribution in [0.25, 0.3) is 0 Å². The van der Waals surface area contributed by atoms with Crippen molar-refractivity contribution in [2.24, 2.45) is 23.5 Å². The van der Waals surface area contributed by atoms with Gasteiger partial charge in [-0.1, -0.05) is 19.3 Å². The summed E-state index contributed by atoms with van der Waals surface area (Å²) in [5.41, 5.74) is 1.35. The molecule has 37 heavy (non-hydrogen) atoms. The van der Waals surface area contributed by atoms with Crippen molar-refractivity contribution in [2.45, 2.75) is 63.5 Å². The van der Waals surface area contributed by atoms with Gasteiger partial charge in [-0.05, 0) is 50.1 Å². The number of carbonyl (C=O) groups is 3. The summed E-state index contributed by atoms with van der Waals surface area (Å²) in [4.78, 5) is 38.3. The van der Waals surface area contributed by atoms with Gasteiger partial charge in [0.05, 0.1) is 5.56 Å². The fraction of sp³-hybridized carbons (Fsp3) is 0.519. The quantitative estimate of drug-likeness (QED) is 0.325. The van der Waals surface area contributed by atoms with Crippen molar-refractivity contribution in [3.63, 3.8) is 0 Å². The zero-order chi connectivity index (χ0) is 26.6. The molecule has 0 heterocycles. The molecule has 0 saturated heterocycles. The summed E-state index contributed by atoms with van der Waals surface area (Å²) in [5.74, 6) is -7.34. The number of phenolic OH excluding ortho intramolecular Hbond substituents is 1. The standard InChI is InChI=1S/C27H31FN2O7/c28-17-8-14(11-30-10-12-4-2-1-3-5-12)22(32)20-16(17)7-13-6-15-9-18(31)21(26(29)36)25(35)27(15,37)24(34)19(13)23(20)33/h8,12-13,15,30-32,34,37H,1-7,9-11H2,(H2,29,36)/t13?,15-,27-/m0/s1. The molecule has 1 amide bonds. The van der Waals surface area contributed by atoms with Crippen molar-refractivity contribution in [3.05, 3.63) is 51.2 Å². The number of nitrogens with one attached hydrogen (secondary N) is 1. The summed E-state index contributed by atoms with van der Waals surface area (Å²) < 4.78 is 15.2. The van der Waals surface area contributed by atoms with Gasteiger partial charge < -0.3 is 31.5 Å². The van der Waals surface area contributed by atoms with E-state index in [2.05, 4.69) is 5.32 Å². The highest BCUT2D eigenvalue weighted by Gasteiger charge is 2.59. The number of phenols is 1. The Bertz CT molecular complexity index is 1260. The molecule has 1 saturated carbocycles. The molecule has 0 aliphatic heterocycles. The fourth-order valence-electron chi connectivity index (χ4n) is 6.63. The number of fused-ring (bicyclic) bond motifs is 3. The van der Waals surface area contributed by atoms with Crippen LogP contribution in [0.5, 0.6) is 5.75 Å². The highest BCUT2D eigenvalue weighted by atomic mass is 19.1. The van der Waals surface area contributed by atoms with Crippen molar-refractivity contribution in [3.8, 4) is 5.75 Å². The van der Waals surface area contributed by atoms with Crippen LogP contribution in [0.3, 0.4) is 0 Å². The van der Waals surface area contributed by atoms with Crippen LogP contribution in [0.15, 0.2) is 28.7 Å². The van der Waals surface area contributed by atoms with Crippen LogP contribution in [-0.4, -0.2) is 50.0 Å². The number of hydrogen-bond donors (Lipinski definition) is 6. The highest BCUT2D eigenvalue weighted by molar-refractivity contribution is 6.24. The number of rotatable bonds is 5. The third-order valence-electron chi connectivity index (χ3n) is 8.56. The lowest BCUT2D eigenvalue weighted by Crippen LogP contribution is -2.57. The lowest BCUT2D eigenvalue weighted by molar-refractivity contribution is -0.144. The van der Waals surface area contributed by atoms with Crippen molar-refractivity contribution in [1.82, 2.24) is 5.32 Å². The number of aromatic hydroxyl groups is 1. The number of carbonyl (C=O) groups excluding carboxylic acids is 3. The topological polar surface area (TPSA) is 170 Å². The Hall–Kier alpha value is -3.24. The number of primary amides is 1. The van der Waals surface area contributed by atoms with Crippen LogP contribution in [0.1, 0.15) is 66.4 Å². The Balaban J connectivity index is 1.49.